The van der Waals surface area contributed by atoms with Gasteiger partial charge in [0.1, 0.15) is 17.1 Å². The molecule has 7 nitrogen and oxygen atoms in total. The van der Waals surface area contributed by atoms with E-state index in [0.29, 0.717) is 17.2 Å². The van der Waals surface area contributed by atoms with Crippen molar-refractivity contribution in [3.05, 3.63) is 84.5 Å². The second kappa shape index (κ2) is 8.57. The molecular weight excluding hydrogens is 384 g/mol. The second-order valence-corrected chi connectivity index (χ2v) is 6.72. The third-order valence-electron chi connectivity index (χ3n) is 4.46. The minimum absolute atomic E-state index is 0.167. The normalized spacial score (nSPS) is 11.8. The summed E-state index contributed by atoms with van der Waals surface area (Å²) in [5.41, 5.74) is 1.31. The van der Waals surface area contributed by atoms with Gasteiger partial charge in [-0.3, -0.25) is 9.59 Å². The molecule has 2 heterocycles. The highest BCUT2D eigenvalue weighted by Gasteiger charge is 2.15. The van der Waals surface area contributed by atoms with Gasteiger partial charge in [0, 0.05) is 17.1 Å². The lowest BCUT2D eigenvalue weighted by molar-refractivity contribution is -0.123. The molecular formula is C23H20N2O5. The van der Waals surface area contributed by atoms with Crippen LogP contribution in [-0.4, -0.2) is 18.4 Å². The molecule has 0 aliphatic carbocycles. The summed E-state index contributed by atoms with van der Waals surface area (Å²) in [5, 5.41) is 6.55. The van der Waals surface area contributed by atoms with Crippen LogP contribution in [0.15, 0.2) is 81.8 Å². The smallest absolute Gasteiger partial charge is 0.291 e. The van der Waals surface area contributed by atoms with Gasteiger partial charge < -0.3 is 24.2 Å². The molecule has 0 radical (unpaired) electrons. The second-order valence-electron chi connectivity index (χ2n) is 6.72. The number of furan rings is 2. The van der Waals surface area contributed by atoms with Crippen LogP contribution in [0.3, 0.4) is 0 Å². The van der Waals surface area contributed by atoms with Gasteiger partial charge in [-0.25, -0.2) is 0 Å². The van der Waals surface area contributed by atoms with E-state index in [1.807, 2.05) is 37.3 Å². The van der Waals surface area contributed by atoms with E-state index in [-0.39, 0.29) is 30.2 Å². The molecule has 2 aromatic carbocycles. The van der Waals surface area contributed by atoms with Crippen LogP contribution in [0.4, 0.5) is 5.69 Å². The highest BCUT2D eigenvalue weighted by molar-refractivity contribution is 6.02. The first-order chi connectivity index (χ1) is 14.6. The summed E-state index contributed by atoms with van der Waals surface area (Å²) in [6, 6.07) is 19.3. The largest absolute Gasteiger partial charge is 0.484 e. The molecule has 2 aromatic heterocycles. The molecule has 4 aromatic rings. The predicted molar refractivity (Wildman–Crippen MR) is 111 cm³/mol. The first kappa shape index (κ1) is 19.3. The van der Waals surface area contributed by atoms with Crippen molar-refractivity contribution >= 4 is 28.5 Å². The molecule has 0 bridgehead atoms. The zero-order valence-corrected chi connectivity index (χ0v) is 16.3. The molecule has 0 aliphatic heterocycles. The number of rotatable bonds is 7. The summed E-state index contributed by atoms with van der Waals surface area (Å²) in [6.07, 6.45) is 1.43. The van der Waals surface area contributed by atoms with Crippen LogP contribution in [-0.2, 0) is 4.79 Å². The number of hydrogen-bond acceptors (Lipinski definition) is 5. The number of hydrogen-bond donors (Lipinski definition) is 2. The summed E-state index contributed by atoms with van der Waals surface area (Å²) < 4.78 is 16.4. The van der Waals surface area contributed by atoms with Crippen molar-refractivity contribution in [2.75, 3.05) is 11.9 Å². The van der Waals surface area contributed by atoms with Crippen molar-refractivity contribution in [2.24, 2.45) is 0 Å². The molecule has 0 spiro atoms. The van der Waals surface area contributed by atoms with Crippen LogP contribution in [0, 0.1) is 0 Å². The van der Waals surface area contributed by atoms with Crippen molar-refractivity contribution in [1.82, 2.24) is 5.32 Å². The van der Waals surface area contributed by atoms with Crippen molar-refractivity contribution in [1.29, 1.82) is 0 Å². The maximum atomic E-state index is 12.3. The Morgan fingerprint density at radius 3 is 2.70 bits per heavy atom. The van der Waals surface area contributed by atoms with Crippen LogP contribution in [0.2, 0.25) is 0 Å². The molecule has 0 aliphatic rings. The number of ether oxygens (including phenoxy) is 1. The van der Waals surface area contributed by atoms with Gasteiger partial charge in [-0.2, -0.15) is 0 Å². The Balaban J connectivity index is 1.31. The zero-order valence-electron chi connectivity index (χ0n) is 16.3. The maximum Gasteiger partial charge on any atom is 0.291 e. The lowest BCUT2D eigenvalue weighted by Crippen LogP contribution is -2.31. The van der Waals surface area contributed by atoms with E-state index in [0.717, 1.165) is 11.0 Å². The van der Waals surface area contributed by atoms with E-state index >= 15 is 0 Å². The SMILES string of the molecule is C[C@H](NC(=O)COc1cccc(NC(=O)c2ccco2)c1)c1cc2ccccc2o1. The molecule has 0 saturated heterocycles. The summed E-state index contributed by atoms with van der Waals surface area (Å²) >= 11 is 0. The molecule has 0 fully saturated rings. The standard InChI is InChI=1S/C23H20N2O5/c1-15(21-12-16-6-2-3-9-19(16)30-21)24-22(26)14-29-18-8-4-7-17(13-18)25-23(27)20-10-5-11-28-20/h2-13,15H,14H2,1H3,(H,24,26)(H,25,27)/t15-/m0/s1. The average molecular weight is 404 g/mol. The quantitative estimate of drug-likeness (QED) is 0.472. The molecule has 30 heavy (non-hydrogen) atoms. The Hall–Kier alpha value is -4.00. The number of anilines is 1. The van der Waals surface area contributed by atoms with Gasteiger partial charge in [-0.1, -0.05) is 24.3 Å². The fraction of sp³-hybridized carbons (Fsp3) is 0.130. The Bertz CT molecular complexity index is 1130. The molecule has 1 atom stereocenters. The Labute approximate surface area is 172 Å². The average Bonchev–Trinajstić information content (AvgIpc) is 3.42. The van der Waals surface area contributed by atoms with Crippen molar-refractivity contribution < 1.29 is 23.2 Å². The number of carbonyl (C=O) groups is 2. The van der Waals surface area contributed by atoms with Gasteiger partial charge in [0.2, 0.25) is 0 Å². The zero-order chi connectivity index (χ0) is 20.9. The van der Waals surface area contributed by atoms with Crippen LogP contribution < -0.4 is 15.4 Å². The molecule has 152 valence electrons. The van der Waals surface area contributed by atoms with Crippen molar-refractivity contribution in [3.63, 3.8) is 0 Å². The molecule has 0 unspecified atom stereocenters. The summed E-state index contributed by atoms with van der Waals surface area (Å²) in [6.45, 7) is 1.68. The fourth-order valence-electron chi connectivity index (χ4n) is 2.98. The Morgan fingerprint density at radius 2 is 1.90 bits per heavy atom. The molecule has 4 rings (SSSR count). The van der Waals surface area contributed by atoms with Crippen molar-refractivity contribution in [3.8, 4) is 5.75 Å². The number of fused-ring (bicyclic) bond motifs is 1. The van der Waals surface area contributed by atoms with E-state index in [1.54, 1.807) is 36.4 Å². The first-order valence-corrected chi connectivity index (χ1v) is 9.44. The fourth-order valence-corrected chi connectivity index (χ4v) is 2.98. The van der Waals surface area contributed by atoms with Gasteiger partial charge in [0.25, 0.3) is 11.8 Å². The Kier molecular flexibility index (Phi) is 5.52. The minimum Gasteiger partial charge on any atom is -0.484 e. The third kappa shape index (κ3) is 4.52. The highest BCUT2D eigenvalue weighted by atomic mass is 16.5. The van der Waals surface area contributed by atoms with Crippen LogP contribution >= 0.6 is 0 Å². The number of nitrogens with one attached hydrogen (secondary N) is 2. The summed E-state index contributed by atoms with van der Waals surface area (Å²) in [4.78, 5) is 24.3. The van der Waals surface area contributed by atoms with Crippen LogP contribution in [0.5, 0.6) is 5.75 Å². The lowest BCUT2D eigenvalue weighted by atomic mass is 10.2. The molecule has 2 N–H and O–H groups in total. The number of amides is 2. The maximum absolute atomic E-state index is 12.3. The topological polar surface area (TPSA) is 93.7 Å². The highest BCUT2D eigenvalue weighted by Crippen LogP contribution is 2.23. The Morgan fingerprint density at radius 1 is 1.03 bits per heavy atom. The van der Waals surface area contributed by atoms with Gasteiger partial charge in [-0.05, 0) is 43.3 Å². The van der Waals surface area contributed by atoms with Gasteiger partial charge in [0.15, 0.2) is 12.4 Å². The number of para-hydroxylation sites is 1. The van der Waals surface area contributed by atoms with Gasteiger partial charge in [-0.15, -0.1) is 0 Å². The van der Waals surface area contributed by atoms with E-state index < -0.39 is 0 Å². The number of benzene rings is 2. The first-order valence-electron chi connectivity index (χ1n) is 9.44. The van der Waals surface area contributed by atoms with Crippen molar-refractivity contribution in [2.45, 2.75) is 13.0 Å². The van der Waals surface area contributed by atoms with Crippen LogP contribution in [0.25, 0.3) is 11.0 Å². The van der Waals surface area contributed by atoms with E-state index in [4.69, 9.17) is 13.6 Å². The van der Waals surface area contributed by atoms with Gasteiger partial charge >= 0.3 is 0 Å². The summed E-state index contributed by atoms with van der Waals surface area (Å²) in [5.74, 6) is 0.689. The molecule has 0 saturated carbocycles. The van der Waals surface area contributed by atoms with E-state index in [1.165, 1.54) is 6.26 Å². The number of carbonyl (C=O) groups excluding carboxylic acids is 2. The minimum atomic E-state index is -0.366. The van der Waals surface area contributed by atoms with Gasteiger partial charge in [0.05, 0.1) is 12.3 Å². The monoisotopic (exact) mass is 404 g/mol. The van der Waals surface area contributed by atoms with Crippen LogP contribution in [0.1, 0.15) is 29.3 Å². The third-order valence-corrected chi connectivity index (χ3v) is 4.46. The summed E-state index contributed by atoms with van der Waals surface area (Å²) in [7, 11) is 0. The lowest BCUT2D eigenvalue weighted by Gasteiger charge is -2.12. The molecule has 7 heteroatoms. The predicted octanol–water partition coefficient (Wildman–Crippen LogP) is 4.53. The van der Waals surface area contributed by atoms with E-state index in [9.17, 15) is 9.59 Å². The molecule has 2 amide bonds. The van der Waals surface area contributed by atoms with E-state index in [2.05, 4.69) is 10.6 Å².